The molecule has 2 unspecified atom stereocenters. The molecule has 2 saturated heterocycles. The molecule has 0 saturated carbocycles. The summed E-state index contributed by atoms with van der Waals surface area (Å²) in [5, 5.41) is 3.26. The van der Waals surface area contributed by atoms with Gasteiger partial charge >= 0.3 is 0 Å². The van der Waals surface area contributed by atoms with E-state index in [1.165, 1.54) is 0 Å². The SMILES string of the molecule is CN(CC1CNCCO1)C(=O)C1CCOC1. The normalized spacial score (nSPS) is 30.3. The Hall–Kier alpha value is -0.650. The van der Waals surface area contributed by atoms with Gasteiger partial charge in [0.2, 0.25) is 5.91 Å². The Morgan fingerprint density at radius 1 is 1.50 bits per heavy atom. The molecule has 2 fully saturated rings. The van der Waals surface area contributed by atoms with Crippen LogP contribution in [0.25, 0.3) is 0 Å². The maximum Gasteiger partial charge on any atom is 0.227 e. The third-order valence-electron chi connectivity index (χ3n) is 3.14. The van der Waals surface area contributed by atoms with Crippen molar-refractivity contribution in [1.29, 1.82) is 0 Å². The molecule has 2 heterocycles. The van der Waals surface area contributed by atoms with Crippen molar-refractivity contribution in [3.63, 3.8) is 0 Å². The van der Waals surface area contributed by atoms with Crippen molar-refractivity contribution in [2.24, 2.45) is 5.92 Å². The largest absolute Gasteiger partial charge is 0.381 e. The molecule has 0 aliphatic carbocycles. The van der Waals surface area contributed by atoms with E-state index < -0.39 is 0 Å². The number of amides is 1. The Morgan fingerprint density at radius 2 is 2.38 bits per heavy atom. The standard InChI is InChI=1S/C11H20N2O3/c1-13(7-10-6-12-3-5-16-10)11(14)9-2-4-15-8-9/h9-10,12H,2-8H2,1H3. The third kappa shape index (κ3) is 2.93. The Morgan fingerprint density at radius 3 is 3.00 bits per heavy atom. The van der Waals surface area contributed by atoms with Gasteiger partial charge in [-0.2, -0.15) is 0 Å². The van der Waals surface area contributed by atoms with Gasteiger partial charge in [-0.25, -0.2) is 0 Å². The quantitative estimate of drug-likeness (QED) is 0.705. The van der Waals surface area contributed by atoms with E-state index in [4.69, 9.17) is 9.47 Å². The third-order valence-corrected chi connectivity index (χ3v) is 3.14. The summed E-state index contributed by atoms with van der Waals surface area (Å²) in [7, 11) is 1.85. The monoisotopic (exact) mass is 228 g/mol. The molecule has 2 aliphatic rings. The second-order valence-electron chi connectivity index (χ2n) is 4.48. The van der Waals surface area contributed by atoms with Crippen molar-refractivity contribution >= 4 is 5.91 Å². The first kappa shape index (κ1) is 11.8. The molecule has 5 heteroatoms. The highest BCUT2D eigenvalue weighted by Crippen LogP contribution is 2.15. The average molecular weight is 228 g/mol. The van der Waals surface area contributed by atoms with Gasteiger partial charge in [0, 0.05) is 33.3 Å². The van der Waals surface area contributed by atoms with Crippen LogP contribution in [0.4, 0.5) is 0 Å². The van der Waals surface area contributed by atoms with Gasteiger partial charge in [0.05, 0.1) is 25.2 Å². The Kier molecular flexibility index (Phi) is 4.15. The van der Waals surface area contributed by atoms with Crippen molar-refractivity contribution in [2.75, 3.05) is 46.5 Å². The van der Waals surface area contributed by atoms with Crippen molar-refractivity contribution in [3.8, 4) is 0 Å². The Bertz CT molecular complexity index is 235. The average Bonchev–Trinajstić information content (AvgIpc) is 2.83. The zero-order valence-electron chi connectivity index (χ0n) is 9.78. The molecule has 1 N–H and O–H groups in total. The molecule has 2 aliphatic heterocycles. The number of ether oxygens (including phenoxy) is 2. The molecule has 0 bridgehead atoms. The molecule has 1 amide bonds. The number of nitrogens with zero attached hydrogens (tertiary/aromatic N) is 1. The molecule has 5 nitrogen and oxygen atoms in total. The van der Waals surface area contributed by atoms with Gasteiger partial charge in [0.1, 0.15) is 0 Å². The summed E-state index contributed by atoms with van der Waals surface area (Å²) < 4.78 is 10.8. The van der Waals surface area contributed by atoms with E-state index in [1.807, 2.05) is 7.05 Å². The minimum Gasteiger partial charge on any atom is -0.381 e. The van der Waals surface area contributed by atoms with Crippen LogP contribution in [0.15, 0.2) is 0 Å². The van der Waals surface area contributed by atoms with E-state index >= 15 is 0 Å². The molecule has 0 spiro atoms. The molecule has 2 atom stereocenters. The van der Waals surface area contributed by atoms with E-state index in [0.29, 0.717) is 19.8 Å². The number of hydrogen-bond acceptors (Lipinski definition) is 4. The Balaban J connectivity index is 1.77. The zero-order valence-corrected chi connectivity index (χ0v) is 9.78. The van der Waals surface area contributed by atoms with Crippen LogP contribution in [0, 0.1) is 5.92 Å². The predicted octanol–water partition coefficient (Wildman–Crippen LogP) is -0.530. The van der Waals surface area contributed by atoms with Crippen LogP contribution in [-0.2, 0) is 14.3 Å². The van der Waals surface area contributed by atoms with E-state index in [1.54, 1.807) is 4.90 Å². The van der Waals surface area contributed by atoms with Gasteiger partial charge in [-0.05, 0) is 6.42 Å². The molecular weight excluding hydrogens is 208 g/mol. The van der Waals surface area contributed by atoms with Crippen molar-refractivity contribution < 1.29 is 14.3 Å². The van der Waals surface area contributed by atoms with Crippen LogP contribution >= 0.6 is 0 Å². The highest BCUT2D eigenvalue weighted by Gasteiger charge is 2.27. The molecular formula is C11H20N2O3. The van der Waals surface area contributed by atoms with Crippen molar-refractivity contribution in [1.82, 2.24) is 10.2 Å². The van der Waals surface area contributed by atoms with Gasteiger partial charge in [-0.15, -0.1) is 0 Å². The van der Waals surface area contributed by atoms with E-state index in [2.05, 4.69) is 5.32 Å². The summed E-state index contributed by atoms with van der Waals surface area (Å²) in [5.41, 5.74) is 0. The lowest BCUT2D eigenvalue weighted by Crippen LogP contribution is -2.46. The first-order chi connectivity index (χ1) is 7.77. The highest BCUT2D eigenvalue weighted by molar-refractivity contribution is 5.79. The van der Waals surface area contributed by atoms with Crippen LogP contribution in [0.2, 0.25) is 0 Å². The first-order valence-corrected chi connectivity index (χ1v) is 5.92. The number of morpholine rings is 1. The fourth-order valence-electron chi connectivity index (χ4n) is 2.17. The summed E-state index contributed by atoms with van der Waals surface area (Å²) in [6.45, 7) is 4.43. The fourth-order valence-corrected chi connectivity index (χ4v) is 2.17. The summed E-state index contributed by atoms with van der Waals surface area (Å²) >= 11 is 0. The van der Waals surface area contributed by atoms with E-state index in [9.17, 15) is 4.79 Å². The molecule has 92 valence electrons. The molecule has 0 radical (unpaired) electrons. The minimum absolute atomic E-state index is 0.0570. The lowest BCUT2D eigenvalue weighted by molar-refractivity contribution is -0.136. The van der Waals surface area contributed by atoms with Gasteiger partial charge in [0.25, 0.3) is 0 Å². The van der Waals surface area contributed by atoms with Gasteiger partial charge in [-0.1, -0.05) is 0 Å². The van der Waals surface area contributed by atoms with E-state index in [-0.39, 0.29) is 17.9 Å². The number of likely N-dealkylation sites (N-methyl/N-ethyl adjacent to an activating group) is 1. The second-order valence-corrected chi connectivity index (χ2v) is 4.48. The number of rotatable bonds is 3. The van der Waals surface area contributed by atoms with Gasteiger partial charge in [-0.3, -0.25) is 4.79 Å². The molecule has 2 rings (SSSR count). The lowest BCUT2D eigenvalue weighted by atomic mass is 10.1. The summed E-state index contributed by atoms with van der Waals surface area (Å²) in [5.74, 6) is 0.244. The van der Waals surface area contributed by atoms with Crippen LogP contribution in [0.5, 0.6) is 0 Å². The maximum atomic E-state index is 12.0. The molecule has 0 aromatic carbocycles. The van der Waals surface area contributed by atoms with Crippen molar-refractivity contribution in [2.45, 2.75) is 12.5 Å². The molecule has 0 aromatic heterocycles. The predicted molar refractivity (Wildman–Crippen MR) is 59.2 cm³/mol. The fraction of sp³-hybridized carbons (Fsp3) is 0.909. The zero-order chi connectivity index (χ0) is 11.4. The lowest BCUT2D eigenvalue weighted by Gasteiger charge is -2.29. The van der Waals surface area contributed by atoms with E-state index in [0.717, 1.165) is 26.1 Å². The van der Waals surface area contributed by atoms with Crippen LogP contribution < -0.4 is 5.32 Å². The highest BCUT2D eigenvalue weighted by atomic mass is 16.5. The van der Waals surface area contributed by atoms with Crippen LogP contribution in [-0.4, -0.2) is 63.4 Å². The van der Waals surface area contributed by atoms with Gasteiger partial charge < -0.3 is 19.7 Å². The Labute approximate surface area is 96.1 Å². The summed E-state index contributed by atoms with van der Waals surface area (Å²) in [4.78, 5) is 13.8. The smallest absolute Gasteiger partial charge is 0.227 e. The van der Waals surface area contributed by atoms with Gasteiger partial charge in [0.15, 0.2) is 0 Å². The van der Waals surface area contributed by atoms with Crippen LogP contribution in [0.1, 0.15) is 6.42 Å². The minimum atomic E-state index is 0.0570. The maximum absolute atomic E-state index is 12.0. The number of carbonyl (C=O) groups is 1. The topological polar surface area (TPSA) is 50.8 Å². The molecule has 16 heavy (non-hydrogen) atoms. The second kappa shape index (κ2) is 5.61. The summed E-state index contributed by atoms with van der Waals surface area (Å²) in [6, 6.07) is 0. The summed E-state index contributed by atoms with van der Waals surface area (Å²) in [6.07, 6.45) is 0.984. The molecule has 0 aromatic rings. The van der Waals surface area contributed by atoms with Crippen molar-refractivity contribution in [3.05, 3.63) is 0 Å². The number of nitrogens with one attached hydrogen (secondary N) is 1. The number of hydrogen-bond donors (Lipinski definition) is 1. The number of carbonyl (C=O) groups excluding carboxylic acids is 1. The van der Waals surface area contributed by atoms with Crippen LogP contribution in [0.3, 0.4) is 0 Å². The first-order valence-electron chi connectivity index (χ1n) is 5.92.